The van der Waals surface area contributed by atoms with Gasteiger partial charge in [-0.25, -0.2) is 4.57 Å². The number of hydrogen-bond acceptors (Lipinski definition) is 8. The monoisotopic (exact) mass is 801 g/mol. The highest BCUT2D eigenvalue weighted by atomic mass is 31.2. The Kier molecular flexibility index (Phi) is 31.6. The number of quaternary nitrogens is 1. The largest absolute Gasteiger partial charge is 0.472 e. The molecule has 1 saturated heterocycles. The number of carbonyl (C=O) groups excluding carboxylic acids is 1. The van der Waals surface area contributed by atoms with Gasteiger partial charge in [-0.2, -0.15) is 0 Å². The Labute approximate surface area is 336 Å². The first-order chi connectivity index (χ1) is 26.5. The first-order valence-electron chi connectivity index (χ1n) is 22.0. The van der Waals surface area contributed by atoms with Crippen LogP contribution in [-0.2, 0) is 32.6 Å². The van der Waals surface area contributed by atoms with E-state index in [0.29, 0.717) is 36.9 Å². The summed E-state index contributed by atoms with van der Waals surface area (Å²) in [6.07, 6.45) is 36.6. The lowest BCUT2D eigenvalue weighted by atomic mass is 10.0. The molecule has 322 valence electrons. The second-order valence-corrected chi connectivity index (χ2v) is 17.7. The van der Waals surface area contributed by atoms with Gasteiger partial charge in [-0.1, -0.05) is 147 Å². The zero-order chi connectivity index (χ0) is 40.5. The molecule has 0 aromatic heterocycles. The van der Waals surface area contributed by atoms with Gasteiger partial charge in [0.05, 0.1) is 46.6 Å². The highest BCUT2D eigenvalue weighted by Gasteiger charge is 2.35. The number of aliphatic hydroxyl groups excluding tert-OH is 1. The maximum absolute atomic E-state index is 12.7. The van der Waals surface area contributed by atoms with E-state index in [-0.39, 0.29) is 38.4 Å². The SMILES string of the molecule is CCCCC/C=C/CC1OC1/C=C\C(O)C/C=C/CCCC(=O)OC(COCCCCCCCCCCCCCCCC)COP(=O)(O)OCC[N+](C)(C)C. The van der Waals surface area contributed by atoms with E-state index in [1.54, 1.807) is 6.08 Å². The molecule has 0 saturated carbocycles. The highest BCUT2D eigenvalue weighted by molar-refractivity contribution is 7.47. The molecule has 0 amide bonds. The smallest absolute Gasteiger partial charge is 0.457 e. The van der Waals surface area contributed by atoms with Crippen LogP contribution in [0.5, 0.6) is 0 Å². The third-order valence-electron chi connectivity index (χ3n) is 9.63. The number of allylic oxidation sites excluding steroid dienone is 2. The number of phosphoric acid groups is 1. The molecule has 1 fully saturated rings. The molecule has 0 radical (unpaired) electrons. The van der Waals surface area contributed by atoms with Crippen LogP contribution in [0.4, 0.5) is 0 Å². The van der Waals surface area contributed by atoms with Crippen molar-refractivity contribution in [3.05, 3.63) is 36.5 Å². The number of rotatable bonds is 39. The number of carbonyl (C=O) groups is 1. The van der Waals surface area contributed by atoms with Gasteiger partial charge in [0.1, 0.15) is 25.4 Å². The number of likely N-dealkylation sites (N-methyl/N-ethyl adjacent to an activating group) is 1. The van der Waals surface area contributed by atoms with E-state index < -0.39 is 26.0 Å². The number of nitrogens with zero attached hydrogens (tertiary/aromatic N) is 1. The minimum absolute atomic E-state index is 0.0602. The van der Waals surface area contributed by atoms with E-state index >= 15 is 0 Å². The molecule has 1 rings (SSSR count). The van der Waals surface area contributed by atoms with Crippen molar-refractivity contribution in [2.24, 2.45) is 0 Å². The molecule has 0 aromatic carbocycles. The average Bonchev–Trinajstić information content (AvgIpc) is 3.89. The van der Waals surface area contributed by atoms with E-state index in [0.717, 1.165) is 25.7 Å². The molecule has 2 N–H and O–H groups in total. The van der Waals surface area contributed by atoms with Crippen LogP contribution in [0.1, 0.15) is 162 Å². The second-order valence-electron chi connectivity index (χ2n) is 16.3. The lowest BCUT2D eigenvalue weighted by Crippen LogP contribution is -2.37. The summed E-state index contributed by atoms with van der Waals surface area (Å²) >= 11 is 0. The predicted molar refractivity (Wildman–Crippen MR) is 225 cm³/mol. The van der Waals surface area contributed by atoms with Gasteiger partial charge in [-0.05, 0) is 44.9 Å². The number of esters is 1. The topological polar surface area (TPSA) is 124 Å². The summed E-state index contributed by atoms with van der Waals surface area (Å²) in [5.74, 6) is -0.418. The van der Waals surface area contributed by atoms with E-state index in [9.17, 15) is 19.4 Å². The standard InChI is InChI=1S/C44H82NO9P/c1-6-8-10-12-14-15-16-17-18-19-20-21-25-29-36-50-38-41(39-52-55(48,49)51-37-35-45(3,4)5)53-44(47)32-28-24-23-26-30-40(46)33-34-43-42(54-43)31-27-22-13-11-9-7-2/h22-23,26-27,33-34,40-43,46H,6-21,24-25,28-32,35-39H2,1-5H3/p+1/b26-23+,27-22+,34-33-. The minimum atomic E-state index is -4.31. The average molecular weight is 801 g/mol. The molecule has 10 nitrogen and oxygen atoms in total. The first-order valence-corrected chi connectivity index (χ1v) is 23.5. The Balaban J connectivity index is 2.31. The number of hydrogen-bond donors (Lipinski definition) is 2. The normalized spacial score (nSPS) is 18.4. The van der Waals surface area contributed by atoms with E-state index in [1.807, 2.05) is 39.4 Å². The Hall–Kier alpha value is -1.36. The van der Waals surface area contributed by atoms with Crippen molar-refractivity contribution in [1.82, 2.24) is 0 Å². The summed E-state index contributed by atoms with van der Waals surface area (Å²) in [5.41, 5.74) is 0. The van der Waals surface area contributed by atoms with E-state index in [1.165, 1.54) is 96.3 Å². The van der Waals surface area contributed by atoms with Crippen LogP contribution in [-0.4, -0.2) is 99.0 Å². The van der Waals surface area contributed by atoms with Crippen LogP contribution in [0.2, 0.25) is 0 Å². The molecular weight excluding hydrogens is 717 g/mol. The van der Waals surface area contributed by atoms with Gasteiger partial charge in [-0.15, -0.1) is 0 Å². The third kappa shape index (κ3) is 34.4. The fraction of sp³-hybridized carbons (Fsp3) is 0.841. The Morgan fingerprint density at radius 2 is 1.33 bits per heavy atom. The fourth-order valence-electron chi connectivity index (χ4n) is 6.03. The number of phosphoric ester groups is 1. The van der Waals surface area contributed by atoms with Gasteiger partial charge in [0.25, 0.3) is 0 Å². The van der Waals surface area contributed by atoms with Crippen molar-refractivity contribution in [2.75, 3.05) is 54.1 Å². The van der Waals surface area contributed by atoms with Crippen molar-refractivity contribution in [2.45, 2.75) is 186 Å². The van der Waals surface area contributed by atoms with Crippen molar-refractivity contribution in [1.29, 1.82) is 0 Å². The van der Waals surface area contributed by atoms with Gasteiger partial charge in [0.2, 0.25) is 0 Å². The fourth-order valence-corrected chi connectivity index (χ4v) is 6.77. The molecule has 1 aliphatic heterocycles. The first kappa shape index (κ1) is 51.7. The molecular formula is C44H83NO9P+. The van der Waals surface area contributed by atoms with Crippen molar-refractivity contribution >= 4 is 13.8 Å². The molecule has 5 unspecified atom stereocenters. The summed E-state index contributed by atoms with van der Waals surface area (Å²) in [4.78, 5) is 22.9. The Morgan fingerprint density at radius 3 is 1.96 bits per heavy atom. The molecule has 1 aliphatic rings. The van der Waals surface area contributed by atoms with Gasteiger partial charge in [0, 0.05) is 13.0 Å². The zero-order valence-electron chi connectivity index (χ0n) is 35.7. The van der Waals surface area contributed by atoms with Crippen LogP contribution in [0, 0.1) is 0 Å². The zero-order valence-corrected chi connectivity index (χ0v) is 36.6. The maximum atomic E-state index is 12.7. The van der Waals surface area contributed by atoms with Crippen LogP contribution in [0.3, 0.4) is 0 Å². The number of unbranched alkanes of at least 4 members (excludes halogenated alkanes) is 17. The van der Waals surface area contributed by atoms with Crippen LogP contribution in [0.25, 0.3) is 0 Å². The summed E-state index contributed by atoms with van der Waals surface area (Å²) in [5, 5.41) is 10.3. The Bertz CT molecular complexity index is 1060. The molecule has 0 aliphatic carbocycles. The lowest BCUT2D eigenvalue weighted by Gasteiger charge is -2.24. The molecule has 5 atom stereocenters. The summed E-state index contributed by atoms with van der Waals surface area (Å²) < 4.78 is 40.5. The number of ether oxygens (including phenoxy) is 3. The van der Waals surface area contributed by atoms with E-state index in [4.69, 9.17) is 23.3 Å². The summed E-state index contributed by atoms with van der Waals surface area (Å²) in [7, 11) is 1.57. The second kappa shape index (κ2) is 33.6. The van der Waals surface area contributed by atoms with Crippen LogP contribution >= 0.6 is 7.82 Å². The van der Waals surface area contributed by atoms with Crippen LogP contribution < -0.4 is 0 Å². The summed E-state index contributed by atoms with van der Waals surface area (Å²) in [6, 6.07) is 0. The van der Waals surface area contributed by atoms with Crippen molar-refractivity contribution < 1.29 is 47.1 Å². The van der Waals surface area contributed by atoms with Crippen molar-refractivity contribution in [3.63, 3.8) is 0 Å². The minimum Gasteiger partial charge on any atom is -0.457 e. The lowest BCUT2D eigenvalue weighted by molar-refractivity contribution is -0.870. The van der Waals surface area contributed by atoms with Crippen LogP contribution in [0.15, 0.2) is 36.5 Å². The highest BCUT2D eigenvalue weighted by Crippen LogP contribution is 2.43. The quantitative estimate of drug-likeness (QED) is 0.0156. The van der Waals surface area contributed by atoms with Crippen molar-refractivity contribution in [3.8, 4) is 0 Å². The number of aliphatic hydroxyl groups is 1. The predicted octanol–water partition coefficient (Wildman–Crippen LogP) is 10.6. The number of epoxide rings is 1. The maximum Gasteiger partial charge on any atom is 0.472 e. The van der Waals surface area contributed by atoms with Gasteiger partial charge in [-0.3, -0.25) is 13.8 Å². The van der Waals surface area contributed by atoms with Gasteiger partial charge < -0.3 is 28.7 Å². The van der Waals surface area contributed by atoms with E-state index in [2.05, 4.69) is 26.0 Å². The molecule has 0 bridgehead atoms. The molecule has 55 heavy (non-hydrogen) atoms. The summed E-state index contributed by atoms with van der Waals surface area (Å²) in [6.45, 7) is 5.38. The molecule has 1 heterocycles. The third-order valence-corrected chi connectivity index (χ3v) is 10.6. The molecule has 0 spiro atoms. The molecule has 11 heteroatoms. The Morgan fingerprint density at radius 1 is 0.745 bits per heavy atom. The van der Waals surface area contributed by atoms with Gasteiger partial charge in [0.15, 0.2) is 0 Å². The molecule has 0 aromatic rings. The van der Waals surface area contributed by atoms with Gasteiger partial charge >= 0.3 is 13.8 Å².